The van der Waals surface area contributed by atoms with Gasteiger partial charge >= 0.3 is 12.0 Å². The van der Waals surface area contributed by atoms with E-state index in [0.29, 0.717) is 43.1 Å². The number of rotatable bonds is 5. The van der Waals surface area contributed by atoms with Gasteiger partial charge in [0.05, 0.1) is 11.6 Å². The van der Waals surface area contributed by atoms with Crippen molar-refractivity contribution in [2.75, 3.05) is 19.6 Å². The second-order valence-corrected chi connectivity index (χ2v) is 6.91. The molecular formula is C19H22FN3O4. The Morgan fingerprint density at radius 2 is 2.07 bits per heavy atom. The van der Waals surface area contributed by atoms with E-state index in [9.17, 15) is 19.1 Å². The summed E-state index contributed by atoms with van der Waals surface area (Å²) in [4.78, 5) is 29.4. The van der Waals surface area contributed by atoms with Crippen LogP contribution in [0.5, 0.6) is 0 Å². The molecule has 27 heavy (non-hydrogen) atoms. The number of hydrogen-bond acceptors (Lipinski definition) is 4. The Labute approximate surface area is 156 Å². The second-order valence-electron chi connectivity index (χ2n) is 6.91. The van der Waals surface area contributed by atoms with Crippen LogP contribution in [0.15, 0.2) is 34.9 Å². The number of aliphatic carboxylic acids is 1. The van der Waals surface area contributed by atoms with Crippen LogP contribution in [0.4, 0.5) is 9.18 Å². The number of nitrogens with zero attached hydrogens (tertiary/aromatic N) is 2. The Morgan fingerprint density at radius 1 is 1.33 bits per heavy atom. The van der Waals surface area contributed by atoms with Gasteiger partial charge in [-0.15, -0.1) is 0 Å². The van der Waals surface area contributed by atoms with E-state index in [2.05, 4.69) is 10.3 Å². The molecule has 0 spiro atoms. The summed E-state index contributed by atoms with van der Waals surface area (Å²) < 4.78 is 18.4. The van der Waals surface area contributed by atoms with Crippen molar-refractivity contribution in [3.63, 3.8) is 0 Å². The van der Waals surface area contributed by atoms with E-state index in [0.717, 1.165) is 0 Å². The number of urea groups is 1. The van der Waals surface area contributed by atoms with Gasteiger partial charge in [0.15, 0.2) is 0 Å². The molecule has 1 aliphatic rings. The third kappa shape index (κ3) is 4.84. The number of oxazole rings is 1. The molecule has 0 saturated carbocycles. The number of carboxylic acid groups (broad SMARTS) is 1. The smallest absolute Gasteiger partial charge is 0.317 e. The summed E-state index contributed by atoms with van der Waals surface area (Å²) in [5.41, 5.74) is 1.35. The van der Waals surface area contributed by atoms with Gasteiger partial charge < -0.3 is 19.7 Å². The number of nitrogens with one attached hydrogen (secondary N) is 1. The maximum atomic E-state index is 13.0. The summed E-state index contributed by atoms with van der Waals surface area (Å²) >= 11 is 0. The van der Waals surface area contributed by atoms with Crippen LogP contribution in [-0.2, 0) is 11.2 Å². The number of halogens is 1. The first-order valence-electron chi connectivity index (χ1n) is 8.88. The molecule has 0 bridgehead atoms. The second kappa shape index (κ2) is 8.20. The molecule has 1 aromatic heterocycles. The number of hydrogen-bond donors (Lipinski definition) is 2. The normalized spacial score (nSPS) is 19.7. The van der Waals surface area contributed by atoms with Crippen LogP contribution in [0.1, 0.15) is 19.0 Å². The molecule has 2 heterocycles. The van der Waals surface area contributed by atoms with E-state index >= 15 is 0 Å². The van der Waals surface area contributed by atoms with E-state index in [1.54, 1.807) is 17.0 Å². The predicted molar refractivity (Wildman–Crippen MR) is 95.5 cm³/mol. The number of carbonyl (C=O) groups excluding carboxylic acids is 1. The van der Waals surface area contributed by atoms with Crippen molar-refractivity contribution >= 4 is 12.0 Å². The first-order chi connectivity index (χ1) is 12.9. The Hall–Kier alpha value is -2.90. The van der Waals surface area contributed by atoms with Crippen molar-refractivity contribution in [3.8, 4) is 11.5 Å². The first-order valence-corrected chi connectivity index (χ1v) is 8.88. The van der Waals surface area contributed by atoms with Crippen molar-refractivity contribution in [1.29, 1.82) is 0 Å². The SMILES string of the molecule is CC1CC(C(=O)O)CN(C(=O)NCCc2coc(-c3ccc(F)cc3)n2)C1. The molecule has 1 aromatic carbocycles. The van der Waals surface area contributed by atoms with Crippen LogP contribution in [0.2, 0.25) is 0 Å². The number of benzene rings is 1. The molecule has 3 rings (SSSR count). The van der Waals surface area contributed by atoms with Crippen LogP contribution >= 0.6 is 0 Å². The number of piperidine rings is 1. The molecule has 1 fully saturated rings. The fraction of sp³-hybridized carbons (Fsp3) is 0.421. The maximum absolute atomic E-state index is 13.0. The summed E-state index contributed by atoms with van der Waals surface area (Å²) in [6, 6.07) is 5.58. The molecule has 2 aromatic rings. The minimum Gasteiger partial charge on any atom is -0.481 e. The highest BCUT2D eigenvalue weighted by molar-refractivity contribution is 5.76. The zero-order valence-corrected chi connectivity index (χ0v) is 15.0. The largest absolute Gasteiger partial charge is 0.481 e. The minimum atomic E-state index is -0.865. The van der Waals surface area contributed by atoms with Crippen LogP contribution < -0.4 is 5.32 Å². The molecule has 1 saturated heterocycles. The average molecular weight is 375 g/mol. The molecule has 2 amide bonds. The molecule has 144 valence electrons. The van der Waals surface area contributed by atoms with Gasteiger partial charge in [-0.2, -0.15) is 0 Å². The summed E-state index contributed by atoms with van der Waals surface area (Å²) in [5, 5.41) is 12.0. The zero-order chi connectivity index (χ0) is 19.4. The Balaban J connectivity index is 1.50. The Bertz CT molecular complexity index is 806. The standard InChI is InChI=1S/C19H22FN3O4/c1-12-8-14(18(24)25)10-23(9-12)19(26)21-7-6-16-11-27-17(22-16)13-2-4-15(20)5-3-13/h2-5,11-12,14H,6-10H2,1H3,(H,21,26)(H,24,25). The van der Waals surface area contributed by atoms with Gasteiger partial charge in [0.2, 0.25) is 5.89 Å². The van der Waals surface area contributed by atoms with E-state index in [-0.39, 0.29) is 24.3 Å². The zero-order valence-electron chi connectivity index (χ0n) is 15.0. The predicted octanol–water partition coefficient (Wildman–Crippen LogP) is 2.78. The number of amides is 2. The Morgan fingerprint density at radius 3 is 2.78 bits per heavy atom. The summed E-state index contributed by atoms with van der Waals surface area (Å²) in [6.07, 6.45) is 2.57. The highest BCUT2D eigenvalue weighted by atomic mass is 19.1. The van der Waals surface area contributed by atoms with Gasteiger partial charge in [-0.3, -0.25) is 4.79 Å². The van der Waals surface area contributed by atoms with Gasteiger partial charge in [-0.25, -0.2) is 14.2 Å². The lowest BCUT2D eigenvalue weighted by atomic mass is 9.91. The third-order valence-electron chi connectivity index (χ3n) is 4.60. The molecule has 2 unspecified atom stereocenters. The molecule has 1 aliphatic heterocycles. The van der Waals surface area contributed by atoms with Crippen molar-refractivity contribution in [2.24, 2.45) is 11.8 Å². The topological polar surface area (TPSA) is 95.7 Å². The summed E-state index contributed by atoms with van der Waals surface area (Å²) in [6.45, 7) is 3.08. The molecule has 8 heteroatoms. The quantitative estimate of drug-likeness (QED) is 0.838. The van der Waals surface area contributed by atoms with Crippen molar-refractivity contribution in [1.82, 2.24) is 15.2 Å². The van der Waals surface area contributed by atoms with Crippen LogP contribution in [-0.4, -0.2) is 46.6 Å². The first kappa shape index (κ1) is 18.9. The van der Waals surface area contributed by atoms with Gasteiger partial charge in [-0.1, -0.05) is 6.92 Å². The van der Waals surface area contributed by atoms with Crippen molar-refractivity contribution < 1.29 is 23.5 Å². The average Bonchev–Trinajstić information content (AvgIpc) is 3.10. The molecule has 2 N–H and O–H groups in total. The van der Waals surface area contributed by atoms with Gasteiger partial charge in [0.1, 0.15) is 12.1 Å². The lowest BCUT2D eigenvalue weighted by Gasteiger charge is -2.34. The highest BCUT2D eigenvalue weighted by Crippen LogP contribution is 2.22. The summed E-state index contributed by atoms with van der Waals surface area (Å²) in [5.74, 6) is -1.17. The third-order valence-corrected chi connectivity index (χ3v) is 4.60. The number of carboxylic acids is 1. The van der Waals surface area contributed by atoms with E-state index in [1.165, 1.54) is 18.4 Å². The van der Waals surface area contributed by atoms with Gasteiger partial charge in [0.25, 0.3) is 0 Å². The van der Waals surface area contributed by atoms with Gasteiger partial charge in [0, 0.05) is 31.6 Å². The van der Waals surface area contributed by atoms with E-state index in [1.807, 2.05) is 6.92 Å². The molecule has 2 atom stereocenters. The fourth-order valence-electron chi connectivity index (χ4n) is 3.25. The van der Waals surface area contributed by atoms with E-state index in [4.69, 9.17) is 4.42 Å². The Kier molecular flexibility index (Phi) is 5.73. The lowest BCUT2D eigenvalue weighted by molar-refractivity contribution is -0.143. The monoisotopic (exact) mass is 375 g/mol. The number of aromatic nitrogens is 1. The summed E-state index contributed by atoms with van der Waals surface area (Å²) in [7, 11) is 0. The van der Waals surface area contributed by atoms with Crippen LogP contribution in [0, 0.1) is 17.7 Å². The maximum Gasteiger partial charge on any atom is 0.317 e. The molecular weight excluding hydrogens is 353 g/mol. The molecule has 0 radical (unpaired) electrons. The molecule has 7 nitrogen and oxygen atoms in total. The fourth-order valence-corrected chi connectivity index (χ4v) is 3.25. The number of likely N-dealkylation sites (tertiary alicyclic amines) is 1. The molecule has 0 aliphatic carbocycles. The highest BCUT2D eigenvalue weighted by Gasteiger charge is 2.31. The number of carbonyl (C=O) groups is 2. The van der Waals surface area contributed by atoms with Crippen LogP contribution in [0.3, 0.4) is 0 Å². The van der Waals surface area contributed by atoms with E-state index < -0.39 is 11.9 Å². The minimum absolute atomic E-state index is 0.152. The van der Waals surface area contributed by atoms with Crippen molar-refractivity contribution in [2.45, 2.75) is 19.8 Å². The van der Waals surface area contributed by atoms with Gasteiger partial charge in [-0.05, 0) is 36.6 Å². The lowest BCUT2D eigenvalue weighted by Crippen LogP contribution is -2.49. The van der Waals surface area contributed by atoms with Crippen LogP contribution in [0.25, 0.3) is 11.5 Å². The van der Waals surface area contributed by atoms with Crippen molar-refractivity contribution in [3.05, 3.63) is 42.0 Å².